The first-order chi connectivity index (χ1) is 23.7. The zero-order chi connectivity index (χ0) is 36.3. The van der Waals surface area contributed by atoms with Crippen LogP contribution in [-0.4, -0.2) is 57.0 Å². The monoisotopic (exact) mass is 697 g/mol. The number of esters is 1. The summed E-state index contributed by atoms with van der Waals surface area (Å²) < 4.78 is 64.7. The maximum absolute atomic E-state index is 14.3. The number of amides is 1. The molecule has 1 fully saturated rings. The summed E-state index contributed by atoms with van der Waals surface area (Å²) in [7, 11) is 0. The Morgan fingerprint density at radius 3 is 2.36 bits per heavy atom. The van der Waals surface area contributed by atoms with Crippen molar-refractivity contribution >= 4 is 17.5 Å². The van der Waals surface area contributed by atoms with Gasteiger partial charge in [0.15, 0.2) is 0 Å². The average Bonchev–Trinajstić information content (AvgIpc) is 3.47. The van der Waals surface area contributed by atoms with Gasteiger partial charge in [0.1, 0.15) is 17.5 Å². The molecule has 1 aliphatic heterocycles. The van der Waals surface area contributed by atoms with E-state index in [-0.39, 0.29) is 43.2 Å². The minimum Gasteiger partial charge on any atom is -0.466 e. The fourth-order valence-corrected chi connectivity index (χ4v) is 6.65. The van der Waals surface area contributed by atoms with Crippen molar-refractivity contribution in [2.75, 3.05) is 26.2 Å². The summed E-state index contributed by atoms with van der Waals surface area (Å²) in [6, 6.07) is 3.07. The number of hydrogen-bond donors (Lipinski definition) is 1. The summed E-state index contributed by atoms with van der Waals surface area (Å²) in [4.78, 5) is 47.1. The molecule has 0 bridgehead atoms. The van der Waals surface area contributed by atoms with Crippen LogP contribution < -0.4 is 10.9 Å². The topological polar surface area (TPSA) is 97.9 Å². The van der Waals surface area contributed by atoms with Gasteiger partial charge in [-0.15, -0.1) is 0 Å². The smallest absolute Gasteiger partial charge is 0.416 e. The predicted octanol–water partition coefficient (Wildman–Crippen LogP) is 6.58. The van der Waals surface area contributed by atoms with Gasteiger partial charge in [0, 0.05) is 43.0 Å². The zero-order valence-corrected chi connectivity index (χ0v) is 28.9. The van der Waals surface area contributed by atoms with Crippen molar-refractivity contribution < 1.29 is 31.9 Å². The summed E-state index contributed by atoms with van der Waals surface area (Å²) in [5.41, 5.74) is 1.79. The van der Waals surface area contributed by atoms with E-state index in [1.165, 1.54) is 18.3 Å². The number of nitrogens with zero attached hydrogens (tertiary/aromatic N) is 4. The van der Waals surface area contributed by atoms with E-state index < -0.39 is 41.3 Å². The molecule has 268 valence electrons. The molecule has 1 aliphatic rings. The van der Waals surface area contributed by atoms with E-state index in [0.717, 1.165) is 29.6 Å². The molecule has 1 N–H and O–H groups in total. The molecule has 1 amide bonds. The lowest BCUT2D eigenvalue weighted by molar-refractivity contribution is -0.144. The number of hydrogen-bond acceptors (Lipinski definition) is 6. The maximum Gasteiger partial charge on any atom is 0.416 e. The Morgan fingerprint density at radius 1 is 1.06 bits per heavy atom. The molecule has 5 rings (SSSR count). The average molecular weight is 698 g/mol. The normalized spacial score (nSPS) is 14.8. The number of carbonyl (C=O) groups excluding carboxylic acids is 2. The highest BCUT2D eigenvalue weighted by Crippen LogP contribution is 2.35. The second kappa shape index (κ2) is 15.2. The number of nitrogens with one attached hydrogen (secondary N) is 1. The van der Waals surface area contributed by atoms with Gasteiger partial charge in [-0.2, -0.15) is 13.2 Å². The minimum absolute atomic E-state index is 0.0612. The molecule has 4 heterocycles. The lowest BCUT2D eigenvalue weighted by Gasteiger charge is -2.31. The van der Waals surface area contributed by atoms with E-state index in [0.29, 0.717) is 40.5 Å². The first kappa shape index (κ1) is 36.8. The molecule has 2 atom stereocenters. The second-order valence-corrected chi connectivity index (χ2v) is 13.4. The largest absolute Gasteiger partial charge is 0.466 e. The number of pyridine rings is 2. The van der Waals surface area contributed by atoms with Crippen LogP contribution in [0.4, 0.5) is 17.6 Å². The van der Waals surface area contributed by atoms with Crippen molar-refractivity contribution in [2.45, 2.75) is 78.6 Å². The summed E-state index contributed by atoms with van der Waals surface area (Å²) in [6.45, 7) is 11.0. The van der Waals surface area contributed by atoms with E-state index in [1.54, 1.807) is 49.8 Å². The van der Waals surface area contributed by atoms with Gasteiger partial charge in [0.25, 0.3) is 5.56 Å². The fraction of sp³-hybridized carbons (Fsp3) is 0.459. The van der Waals surface area contributed by atoms with Crippen LogP contribution >= 0.6 is 0 Å². The van der Waals surface area contributed by atoms with Gasteiger partial charge in [-0.3, -0.25) is 14.4 Å². The molecule has 9 nitrogen and oxygen atoms in total. The molecule has 0 saturated carbocycles. The first-order valence-corrected chi connectivity index (χ1v) is 16.9. The van der Waals surface area contributed by atoms with Crippen LogP contribution in [0.3, 0.4) is 0 Å². The molecular formula is C37H43F4N5O4. The molecule has 1 aromatic carbocycles. The summed E-state index contributed by atoms with van der Waals surface area (Å²) in [6.07, 6.45) is 2.39. The summed E-state index contributed by atoms with van der Waals surface area (Å²) in [5.74, 6) is -1.72. The van der Waals surface area contributed by atoms with Crippen molar-refractivity contribution in [3.05, 3.63) is 93.0 Å². The Labute approximate surface area is 288 Å². The van der Waals surface area contributed by atoms with E-state index in [9.17, 15) is 31.9 Å². The number of carbonyl (C=O) groups is 2. The van der Waals surface area contributed by atoms with Gasteiger partial charge < -0.3 is 23.9 Å². The quantitative estimate of drug-likeness (QED) is 0.125. The number of fused-ring (bicyclic) bond motifs is 1. The number of imidazole rings is 1. The highest BCUT2D eigenvalue weighted by molar-refractivity contribution is 5.84. The van der Waals surface area contributed by atoms with E-state index in [1.807, 2.05) is 18.7 Å². The number of ether oxygens (including phenoxy) is 1. The summed E-state index contributed by atoms with van der Waals surface area (Å²) in [5, 5.41) is 2.94. The van der Waals surface area contributed by atoms with Crippen molar-refractivity contribution in [2.24, 2.45) is 5.92 Å². The molecular weight excluding hydrogens is 654 g/mol. The maximum atomic E-state index is 14.3. The Balaban J connectivity index is 1.58. The number of aromatic nitrogens is 3. The lowest BCUT2D eigenvalue weighted by atomic mass is 9.93. The van der Waals surface area contributed by atoms with Crippen LogP contribution in [0.5, 0.6) is 0 Å². The molecule has 13 heteroatoms. The van der Waals surface area contributed by atoms with Crippen LogP contribution in [0.2, 0.25) is 0 Å². The third-order valence-electron chi connectivity index (χ3n) is 9.12. The van der Waals surface area contributed by atoms with Gasteiger partial charge in [0.2, 0.25) is 5.91 Å². The highest BCUT2D eigenvalue weighted by atomic mass is 19.4. The molecule has 4 aromatic rings. The molecule has 2 unspecified atom stereocenters. The van der Waals surface area contributed by atoms with Gasteiger partial charge in [-0.05, 0) is 105 Å². The number of rotatable bonds is 13. The molecule has 0 spiro atoms. The zero-order valence-electron chi connectivity index (χ0n) is 28.9. The van der Waals surface area contributed by atoms with Gasteiger partial charge in [-0.25, -0.2) is 9.37 Å². The summed E-state index contributed by atoms with van der Waals surface area (Å²) >= 11 is 0. The van der Waals surface area contributed by atoms with E-state index in [2.05, 4.69) is 10.3 Å². The third kappa shape index (κ3) is 8.26. The van der Waals surface area contributed by atoms with Crippen LogP contribution in [0, 0.1) is 25.6 Å². The van der Waals surface area contributed by atoms with Crippen molar-refractivity contribution in [3.8, 4) is 11.1 Å². The van der Waals surface area contributed by atoms with Crippen LogP contribution in [0.25, 0.3) is 16.8 Å². The Kier molecular flexibility index (Phi) is 11.1. The Hall–Kier alpha value is -4.52. The number of likely N-dealkylation sites (tertiary alicyclic amines) is 1. The lowest BCUT2D eigenvalue weighted by Crippen LogP contribution is -2.41. The van der Waals surface area contributed by atoms with Crippen LogP contribution in [0.1, 0.15) is 79.9 Å². The molecule has 50 heavy (non-hydrogen) atoms. The standard InChI is InChI=1S/C37H43F4N5O4/c1-6-50-33(48)19-30(26-17-28(35-42-9-13-45(35)20-26)34-23(4)15-27(38)16-24(34)5)43-36(49)31(14-22(2)3)46-21-25(8-12-44-10-7-11-44)29(18-32(46)47)37(39,40)41/h9,13,15-18,20-22,30-31H,6-8,10-12,14,19H2,1-5H3,(H,43,49). The van der Waals surface area contributed by atoms with Crippen molar-refractivity contribution in [3.63, 3.8) is 0 Å². The van der Waals surface area contributed by atoms with Gasteiger partial charge in [-0.1, -0.05) is 13.8 Å². The van der Waals surface area contributed by atoms with Gasteiger partial charge >= 0.3 is 12.1 Å². The van der Waals surface area contributed by atoms with E-state index >= 15 is 0 Å². The first-order valence-electron chi connectivity index (χ1n) is 16.9. The molecule has 3 aromatic heterocycles. The van der Waals surface area contributed by atoms with Crippen LogP contribution in [-0.2, 0) is 26.9 Å². The molecule has 0 aliphatic carbocycles. The number of alkyl halides is 3. The predicted molar refractivity (Wildman–Crippen MR) is 181 cm³/mol. The number of halogens is 4. The number of benzene rings is 1. The van der Waals surface area contributed by atoms with Gasteiger partial charge in [0.05, 0.1) is 24.6 Å². The third-order valence-corrected chi connectivity index (χ3v) is 9.12. The number of aryl methyl sites for hydroxylation is 2. The van der Waals surface area contributed by atoms with Crippen molar-refractivity contribution in [1.82, 2.24) is 24.2 Å². The Morgan fingerprint density at radius 2 is 1.76 bits per heavy atom. The highest BCUT2D eigenvalue weighted by Gasteiger charge is 2.36. The minimum atomic E-state index is -4.74. The molecule has 0 radical (unpaired) electrons. The van der Waals surface area contributed by atoms with Crippen LogP contribution in [0.15, 0.2) is 53.8 Å². The second-order valence-electron chi connectivity index (χ2n) is 13.4. The van der Waals surface area contributed by atoms with E-state index in [4.69, 9.17) is 4.74 Å². The van der Waals surface area contributed by atoms with Crippen molar-refractivity contribution in [1.29, 1.82) is 0 Å². The molecule has 1 saturated heterocycles. The SMILES string of the molecule is CCOC(=O)CC(NC(=O)C(CC(C)C)n1cc(CCN2CCC2)c(C(F)(F)F)cc1=O)c1cc(-c2c(C)cc(F)cc2C)c2nccn2c1. The Bertz CT molecular complexity index is 1910. The fourth-order valence-electron chi connectivity index (χ4n) is 6.65.